The Bertz CT molecular complexity index is 411. The van der Waals surface area contributed by atoms with Gasteiger partial charge in [0.2, 0.25) is 0 Å². The van der Waals surface area contributed by atoms with E-state index in [1.807, 2.05) is 11.8 Å². The molecule has 1 saturated carbocycles. The molecule has 6 heteroatoms. The van der Waals surface area contributed by atoms with E-state index in [1.165, 1.54) is 51.6 Å². The highest BCUT2D eigenvalue weighted by atomic mass is 32.2. The van der Waals surface area contributed by atoms with E-state index in [4.69, 9.17) is 0 Å². The van der Waals surface area contributed by atoms with Gasteiger partial charge >= 0.3 is 0 Å². The maximum atomic E-state index is 10.5. The van der Waals surface area contributed by atoms with Crippen molar-refractivity contribution in [2.45, 2.75) is 69.6 Å². The summed E-state index contributed by atoms with van der Waals surface area (Å²) in [5.41, 5.74) is -0.598. The molecular weight excluding hydrogens is 320 g/mol. The molecule has 0 aromatic heterocycles. The first-order valence-electron chi connectivity index (χ1n) is 9.77. The summed E-state index contributed by atoms with van der Waals surface area (Å²) in [4.78, 5) is 7.38. The average molecular weight is 355 g/mol. The minimum absolute atomic E-state index is 0.507. The van der Waals surface area contributed by atoms with E-state index in [9.17, 15) is 5.11 Å². The van der Waals surface area contributed by atoms with Gasteiger partial charge in [0.15, 0.2) is 5.96 Å². The smallest absolute Gasteiger partial charge is 0.191 e. The molecule has 3 rings (SSSR count). The van der Waals surface area contributed by atoms with Crippen LogP contribution in [0.25, 0.3) is 0 Å². The normalized spacial score (nSPS) is 30.8. The second-order valence-electron chi connectivity index (χ2n) is 7.61. The number of rotatable bonds is 5. The van der Waals surface area contributed by atoms with Crippen LogP contribution >= 0.6 is 11.8 Å². The zero-order valence-corrected chi connectivity index (χ0v) is 15.9. The maximum absolute atomic E-state index is 10.5. The van der Waals surface area contributed by atoms with Crippen LogP contribution in [0.15, 0.2) is 4.99 Å². The minimum Gasteiger partial charge on any atom is -0.387 e. The zero-order chi connectivity index (χ0) is 16.8. The summed E-state index contributed by atoms with van der Waals surface area (Å²) in [5, 5.41) is 17.4. The Morgan fingerprint density at radius 3 is 2.62 bits per heavy atom. The number of aliphatic imine (C=N–C) groups is 1. The van der Waals surface area contributed by atoms with E-state index in [1.54, 1.807) is 0 Å². The minimum atomic E-state index is -0.598. The second kappa shape index (κ2) is 8.77. The molecule has 2 saturated heterocycles. The van der Waals surface area contributed by atoms with Crippen LogP contribution in [0.5, 0.6) is 0 Å². The summed E-state index contributed by atoms with van der Waals surface area (Å²) in [6.07, 6.45) is 8.89. The first kappa shape index (κ1) is 18.3. The van der Waals surface area contributed by atoms with Gasteiger partial charge in [-0.2, -0.15) is 11.8 Å². The molecule has 0 aromatic rings. The van der Waals surface area contributed by atoms with Gasteiger partial charge in [-0.1, -0.05) is 12.8 Å². The number of guanidine groups is 1. The first-order chi connectivity index (χ1) is 11.7. The largest absolute Gasteiger partial charge is 0.387 e. The molecule has 2 heterocycles. The van der Waals surface area contributed by atoms with Crippen LogP contribution in [-0.4, -0.2) is 71.3 Å². The molecule has 0 bridgehead atoms. The topological polar surface area (TPSA) is 59.9 Å². The average Bonchev–Trinajstić information content (AvgIpc) is 3.26. The molecule has 5 nitrogen and oxygen atoms in total. The van der Waals surface area contributed by atoms with Crippen LogP contribution in [0.2, 0.25) is 0 Å². The zero-order valence-electron chi connectivity index (χ0n) is 15.1. The Morgan fingerprint density at radius 1 is 1.25 bits per heavy atom. The summed E-state index contributed by atoms with van der Waals surface area (Å²) < 4.78 is 0. The lowest BCUT2D eigenvalue weighted by atomic mass is 10.0. The molecule has 3 aliphatic rings. The summed E-state index contributed by atoms with van der Waals surface area (Å²) in [6, 6.07) is 1.36. The molecule has 0 spiro atoms. The molecule has 0 amide bonds. The predicted molar refractivity (Wildman–Crippen MR) is 103 cm³/mol. The third-order valence-corrected chi connectivity index (χ3v) is 6.90. The van der Waals surface area contributed by atoms with Gasteiger partial charge in [0.25, 0.3) is 0 Å². The fourth-order valence-corrected chi connectivity index (χ4v) is 5.42. The molecule has 1 atom stereocenters. The van der Waals surface area contributed by atoms with Crippen LogP contribution in [0.3, 0.4) is 0 Å². The summed E-state index contributed by atoms with van der Waals surface area (Å²) in [5.74, 6) is 2.74. The second-order valence-corrected chi connectivity index (χ2v) is 8.72. The van der Waals surface area contributed by atoms with Crippen molar-refractivity contribution in [2.24, 2.45) is 4.99 Å². The Hall–Kier alpha value is -0.460. The lowest BCUT2D eigenvalue weighted by Gasteiger charge is -2.36. The van der Waals surface area contributed by atoms with Gasteiger partial charge < -0.3 is 20.6 Å². The number of nitrogens with one attached hydrogen (secondary N) is 2. The van der Waals surface area contributed by atoms with E-state index in [2.05, 4.69) is 27.4 Å². The molecule has 0 aromatic carbocycles. The maximum Gasteiger partial charge on any atom is 0.191 e. The molecule has 1 unspecified atom stereocenters. The third-order valence-electron chi connectivity index (χ3n) is 5.67. The predicted octanol–water partition coefficient (Wildman–Crippen LogP) is 1.82. The van der Waals surface area contributed by atoms with Gasteiger partial charge in [-0.15, -0.1) is 0 Å². The lowest BCUT2D eigenvalue weighted by molar-refractivity contribution is 0.0777. The molecule has 2 aliphatic heterocycles. The van der Waals surface area contributed by atoms with Crippen molar-refractivity contribution in [3.05, 3.63) is 0 Å². The summed E-state index contributed by atoms with van der Waals surface area (Å²) in [7, 11) is 0. The Morgan fingerprint density at radius 2 is 2.00 bits per heavy atom. The van der Waals surface area contributed by atoms with E-state index >= 15 is 0 Å². The van der Waals surface area contributed by atoms with Crippen molar-refractivity contribution in [3.63, 3.8) is 0 Å². The molecule has 1 aliphatic carbocycles. The molecule has 138 valence electrons. The number of thioether (sulfide) groups is 1. The highest BCUT2D eigenvalue weighted by molar-refractivity contribution is 7.99. The summed E-state index contributed by atoms with van der Waals surface area (Å²) in [6.45, 7) is 5.89. The van der Waals surface area contributed by atoms with E-state index in [0.29, 0.717) is 12.6 Å². The highest BCUT2D eigenvalue weighted by Crippen LogP contribution is 2.28. The van der Waals surface area contributed by atoms with Crippen LogP contribution in [0, 0.1) is 0 Å². The van der Waals surface area contributed by atoms with Crippen LogP contribution in [0.4, 0.5) is 0 Å². The van der Waals surface area contributed by atoms with Gasteiger partial charge in [-0.05, 0) is 44.8 Å². The van der Waals surface area contributed by atoms with Crippen molar-refractivity contribution in [3.8, 4) is 0 Å². The molecule has 3 N–H and O–H groups in total. The fraction of sp³-hybridized carbons (Fsp3) is 0.944. The van der Waals surface area contributed by atoms with Crippen molar-refractivity contribution in [2.75, 3.05) is 37.7 Å². The number of aliphatic hydroxyl groups is 1. The van der Waals surface area contributed by atoms with E-state index in [-0.39, 0.29) is 0 Å². The summed E-state index contributed by atoms with van der Waals surface area (Å²) >= 11 is 1.83. The van der Waals surface area contributed by atoms with Gasteiger partial charge in [0.1, 0.15) is 0 Å². The molecular formula is C18H34N4OS. The van der Waals surface area contributed by atoms with Gasteiger partial charge in [0, 0.05) is 37.5 Å². The molecule has 0 radical (unpaired) electrons. The van der Waals surface area contributed by atoms with Gasteiger partial charge in [-0.3, -0.25) is 4.99 Å². The van der Waals surface area contributed by atoms with Crippen molar-refractivity contribution >= 4 is 17.7 Å². The van der Waals surface area contributed by atoms with Crippen molar-refractivity contribution in [1.82, 2.24) is 15.5 Å². The molecule has 3 fully saturated rings. The standard InChI is InChI=1S/C18H34N4OS/c1-2-19-17(20-13-18(23)9-12-24-14-18)21-15-7-10-22(11-8-15)16-5-3-4-6-16/h15-16,23H,2-14H2,1H3,(H2,19,20,21). The van der Waals surface area contributed by atoms with Crippen LogP contribution in [0.1, 0.15) is 51.9 Å². The Balaban J connectivity index is 1.46. The molecule has 24 heavy (non-hydrogen) atoms. The SMILES string of the molecule is CCNC(=NCC1(O)CCSC1)NC1CCN(C2CCCC2)CC1. The third kappa shape index (κ3) is 5.02. The number of hydrogen-bond donors (Lipinski definition) is 3. The monoisotopic (exact) mass is 354 g/mol. The van der Waals surface area contributed by atoms with Gasteiger partial charge in [0.05, 0.1) is 12.1 Å². The van der Waals surface area contributed by atoms with E-state index in [0.717, 1.165) is 36.5 Å². The fourth-order valence-electron chi connectivity index (χ4n) is 4.14. The lowest BCUT2D eigenvalue weighted by Crippen LogP contribution is -2.50. The first-order valence-corrected chi connectivity index (χ1v) is 10.9. The number of piperidine rings is 1. The number of nitrogens with zero attached hydrogens (tertiary/aromatic N) is 2. The van der Waals surface area contributed by atoms with Crippen molar-refractivity contribution in [1.29, 1.82) is 0 Å². The van der Waals surface area contributed by atoms with Gasteiger partial charge in [-0.25, -0.2) is 0 Å². The Kier molecular flexibility index (Phi) is 6.70. The number of likely N-dealkylation sites (tertiary alicyclic amines) is 1. The van der Waals surface area contributed by atoms with E-state index < -0.39 is 5.60 Å². The van der Waals surface area contributed by atoms with Crippen LogP contribution < -0.4 is 10.6 Å². The number of hydrogen-bond acceptors (Lipinski definition) is 4. The highest BCUT2D eigenvalue weighted by Gasteiger charge is 2.32. The Labute approximate surface area is 151 Å². The van der Waals surface area contributed by atoms with Crippen LogP contribution in [-0.2, 0) is 0 Å². The quantitative estimate of drug-likeness (QED) is 0.519. The van der Waals surface area contributed by atoms with Crippen molar-refractivity contribution < 1.29 is 5.11 Å².